The maximum absolute atomic E-state index is 11.4. The molecule has 1 atom stereocenters. The highest BCUT2D eigenvalue weighted by Gasteiger charge is 2.19. The van der Waals surface area contributed by atoms with Gasteiger partial charge in [0.1, 0.15) is 17.0 Å². The Balaban J connectivity index is 1.92. The van der Waals surface area contributed by atoms with Crippen molar-refractivity contribution < 1.29 is 14.1 Å². The lowest BCUT2D eigenvalue weighted by molar-refractivity contribution is -0.384. The lowest BCUT2D eigenvalue weighted by atomic mass is 10.1. The van der Waals surface area contributed by atoms with E-state index < -0.39 is 4.92 Å². The lowest BCUT2D eigenvalue weighted by Gasteiger charge is -2.13. The first-order valence-corrected chi connectivity index (χ1v) is 7.50. The van der Waals surface area contributed by atoms with E-state index in [-0.39, 0.29) is 17.5 Å². The number of ketones is 1. The molecule has 0 aliphatic carbocycles. The number of hydrogen-bond acceptors (Lipinski definition) is 5. The van der Waals surface area contributed by atoms with E-state index in [9.17, 15) is 14.9 Å². The topological polar surface area (TPSA) is 85.4 Å². The number of fused-ring (bicyclic) bond motifs is 1. The van der Waals surface area contributed by atoms with E-state index in [0.717, 1.165) is 11.0 Å². The van der Waals surface area contributed by atoms with E-state index in [1.54, 1.807) is 12.1 Å². The zero-order chi connectivity index (χ0) is 17.3. The monoisotopic (exact) mass is 324 g/mol. The van der Waals surface area contributed by atoms with Crippen molar-refractivity contribution in [1.29, 1.82) is 0 Å². The average molecular weight is 324 g/mol. The molecule has 0 fully saturated rings. The minimum absolute atomic E-state index is 0.134. The number of hydrogen-bond donors (Lipinski definition) is 1. The average Bonchev–Trinajstić information content (AvgIpc) is 2.99. The molecule has 1 N–H and O–H groups in total. The fourth-order valence-corrected chi connectivity index (χ4v) is 2.54. The summed E-state index contributed by atoms with van der Waals surface area (Å²) in [4.78, 5) is 22.2. The molecule has 24 heavy (non-hydrogen) atoms. The third kappa shape index (κ3) is 2.99. The van der Waals surface area contributed by atoms with Gasteiger partial charge in [-0.25, -0.2) is 0 Å². The molecule has 0 radical (unpaired) electrons. The fourth-order valence-electron chi connectivity index (χ4n) is 2.54. The summed E-state index contributed by atoms with van der Waals surface area (Å²) in [6.45, 7) is 3.24. The Labute approximate surface area is 138 Å². The number of nitrogens with zero attached hydrogens (tertiary/aromatic N) is 1. The van der Waals surface area contributed by atoms with Crippen LogP contribution in [0.15, 0.2) is 52.9 Å². The molecule has 1 aromatic heterocycles. The predicted molar refractivity (Wildman–Crippen MR) is 91.4 cm³/mol. The van der Waals surface area contributed by atoms with Gasteiger partial charge in [-0.05, 0) is 38.1 Å². The van der Waals surface area contributed by atoms with Crippen LogP contribution < -0.4 is 5.32 Å². The number of carbonyl (C=O) groups excluding carboxylic acids is 1. The number of furan rings is 1. The summed E-state index contributed by atoms with van der Waals surface area (Å²) < 4.78 is 5.78. The lowest BCUT2D eigenvalue weighted by Crippen LogP contribution is -2.08. The molecule has 1 heterocycles. The van der Waals surface area contributed by atoms with Crippen LogP contribution >= 0.6 is 0 Å². The van der Waals surface area contributed by atoms with Gasteiger partial charge >= 0.3 is 0 Å². The fraction of sp³-hybridized carbons (Fsp3) is 0.167. The third-order valence-corrected chi connectivity index (χ3v) is 3.84. The number of nitrogens with one attached hydrogen (secondary N) is 1. The number of carbonyl (C=O) groups is 1. The third-order valence-electron chi connectivity index (χ3n) is 3.84. The van der Waals surface area contributed by atoms with Crippen molar-refractivity contribution in [2.75, 3.05) is 5.32 Å². The largest absolute Gasteiger partial charge is 0.459 e. The molecule has 6 heteroatoms. The van der Waals surface area contributed by atoms with Crippen molar-refractivity contribution in [2.45, 2.75) is 19.9 Å². The van der Waals surface area contributed by atoms with Crippen molar-refractivity contribution in [1.82, 2.24) is 0 Å². The second-order valence-corrected chi connectivity index (χ2v) is 5.60. The first-order chi connectivity index (χ1) is 11.5. The van der Waals surface area contributed by atoms with Gasteiger partial charge < -0.3 is 9.73 Å². The van der Waals surface area contributed by atoms with Gasteiger partial charge in [0.25, 0.3) is 5.69 Å². The molecule has 0 aliphatic heterocycles. The molecule has 2 aromatic carbocycles. The van der Waals surface area contributed by atoms with E-state index in [1.807, 2.05) is 37.3 Å². The Bertz CT molecular complexity index is 897. The first kappa shape index (κ1) is 15.7. The molecule has 6 nitrogen and oxygen atoms in total. The molecule has 3 aromatic rings. The van der Waals surface area contributed by atoms with E-state index in [1.165, 1.54) is 13.0 Å². The number of nitro groups is 1. The SMILES string of the molecule is CC(=O)c1ccc(N[C@H](C)c2cc3ccccc3o2)c([N+](=O)[O-])c1. The van der Waals surface area contributed by atoms with Crippen LogP contribution in [0.5, 0.6) is 0 Å². The van der Waals surface area contributed by atoms with Crippen LogP contribution in [0, 0.1) is 10.1 Å². The van der Waals surface area contributed by atoms with Crippen molar-refractivity contribution in [3.63, 3.8) is 0 Å². The van der Waals surface area contributed by atoms with E-state index in [0.29, 0.717) is 17.0 Å². The van der Waals surface area contributed by atoms with Crippen molar-refractivity contribution >= 4 is 28.1 Å². The number of Topliss-reactive ketones (excluding diaryl/α,β-unsaturated/α-hetero) is 1. The molecule has 0 unspecified atom stereocenters. The van der Waals surface area contributed by atoms with Crippen LogP contribution in [0.25, 0.3) is 11.0 Å². The minimum atomic E-state index is -0.500. The van der Waals surface area contributed by atoms with Gasteiger partial charge in [-0.1, -0.05) is 18.2 Å². The smallest absolute Gasteiger partial charge is 0.293 e. The van der Waals surface area contributed by atoms with Gasteiger partial charge in [-0.15, -0.1) is 0 Å². The molecule has 0 saturated heterocycles. The highest BCUT2D eigenvalue weighted by molar-refractivity contribution is 5.95. The predicted octanol–water partition coefficient (Wildman–Crippen LogP) is 4.72. The van der Waals surface area contributed by atoms with Crippen LogP contribution in [0.1, 0.15) is 36.0 Å². The zero-order valence-electron chi connectivity index (χ0n) is 13.3. The Morgan fingerprint density at radius 3 is 2.62 bits per heavy atom. The standard InChI is InChI=1S/C18H16N2O4/c1-11(18-10-14-5-3-4-6-17(14)24-18)19-15-8-7-13(12(2)21)9-16(15)20(22)23/h3-11,19H,1-2H3/t11-/m1/s1. The summed E-state index contributed by atoms with van der Waals surface area (Å²) in [6, 6.07) is 13.7. The van der Waals surface area contributed by atoms with Gasteiger partial charge in [0.15, 0.2) is 5.78 Å². The van der Waals surface area contributed by atoms with Crippen molar-refractivity contribution in [2.24, 2.45) is 0 Å². The number of para-hydroxylation sites is 1. The number of nitro benzene ring substituents is 1. The van der Waals surface area contributed by atoms with Crippen LogP contribution in [0.4, 0.5) is 11.4 Å². The number of anilines is 1. The van der Waals surface area contributed by atoms with E-state index in [4.69, 9.17) is 4.42 Å². The van der Waals surface area contributed by atoms with Gasteiger partial charge in [-0.2, -0.15) is 0 Å². The number of rotatable bonds is 5. The zero-order valence-corrected chi connectivity index (χ0v) is 13.3. The Hall–Kier alpha value is -3.15. The van der Waals surface area contributed by atoms with Crippen molar-refractivity contribution in [3.8, 4) is 0 Å². The van der Waals surface area contributed by atoms with Gasteiger partial charge in [0.2, 0.25) is 0 Å². The molecule has 122 valence electrons. The van der Waals surface area contributed by atoms with Gasteiger partial charge in [-0.3, -0.25) is 14.9 Å². The normalized spacial score (nSPS) is 12.1. The second kappa shape index (κ2) is 6.16. The van der Waals surface area contributed by atoms with Crippen LogP contribution in [-0.4, -0.2) is 10.7 Å². The van der Waals surface area contributed by atoms with Crippen LogP contribution in [0.2, 0.25) is 0 Å². The minimum Gasteiger partial charge on any atom is -0.459 e. The maximum Gasteiger partial charge on any atom is 0.293 e. The highest BCUT2D eigenvalue weighted by atomic mass is 16.6. The van der Waals surface area contributed by atoms with E-state index >= 15 is 0 Å². The van der Waals surface area contributed by atoms with Crippen molar-refractivity contribution in [3.05, 3.63) is 70.0 Å². The van der Waals surface area contributed by atoms with Gasteiger partial charge in [0, 0.05) is 17.0 Å². The summed E-state index contributed by atoms with van der Waals surface area (Å²) in [5.74, 6) is 0.469. The number of benzene rings is 2. The summed E-state index contributed by atoms with van der Waals surface area (Å²) in [5.41, 5.74) is 1.29. The van der Waals surface area contributed by atoms with E-state index in [2.05, 4.69) is 5.32 Å². The molecular formula is C18H16N2O4. The highest BCUT2D eigenvalue weighted by Crippen LogP contribution is 2.31. The Kier molecular flexibility index (Phi) is 4.04. The summed E-state index contributed by atoms with van der Waals surface area (Å²) >= 11 is 0. The molecule has 0 saturated carbocycles. The second-order valence-electron chi connectivity index (χ2n) is 5.60. The molecule has 3 rings (SSSR count). The summed E-state index contributed by atoms with van der Waals surface area (Å²) in [7, 11) is 0. The maximum atomic E-state index is 11.4. The Morgan fingerprint density at radius 1 is 1.21 bits per heavy atom. The molecule has 0 aliphatic rings. The van der Waals surface area contributed by atoms with Crippen LogP contribution in [0.3, 0.4) is 0 Å². The summed E-state index contributed by atoms with van der Waals surface area (Å²) in [5, 5.41) is 15.3. The van der Waals surface area contributed by atoms with Crippen LogP contribution in [-0.2, 0) is 0 Å². The molecule has 0 spiro atoms. The quantitative estimate of drug-likeness (QED) is 0.417. The summed E-state index contributed by atoms with van der Waals surface area (Å²) in [6.07, 6.45) is 0. The van der Waals surface area contributed by atoms with Gasteiger partial charge in [0.05, 0.1) is 11.0 Å². The molecular weight excluding hydrogens is 308 g/mol. The Morgan fingerprint density at radius 2 is 1.96 bits per heavy atom. The molecule has 0 amide bonds. The molecule has 0 bridgehead atoms. The first-order valence-electron chi connectivity index (χ1n) is 7.50.